The van der Waals surface area contributed by atoms with Crippen molar-refractivity contribution < 1.29 is 24.0 Å². The van der Waals surface area contributed by atoms with Crippen molar-refractivity contribution in [3.05, 3.63) is 84.4 Å². The van der Waals surface area contributed by atoms with Gasteiger partial charge in [-0.3, -0.25) is 19.8 Å². The van der Waals surface area contributed by atoms with Crippen molar-refractivity contribution in [1.82, 2.24) is 10.9 Å². The van der Waals surface area contributed by atoms with Gasteiger partial charge in [0.05, 0.1) is 23.6 Å². The summed E-state index contributed by atoms with van der Waals surface area (Å²) in [6.07, 6.45) is 6.54. The van der Waals surface area contributed by atoms with Crippen molar-refractivity contribution in [2.75, 3.05) is 11.6 Å². The van der Waals surface area contributed by atoms with Gasteiger partial charge in [0, 0.05) is 18.4 Å². The molecule has 4 rings (SSSR count). The standard InChI is InChI=1S/C35H44N4O5/c1-24(2)23-30(33(40)37-39(35(42)25(3)36)31-20-12-17-27-16-7-8-18-28(27)31)29(19-11-15-26-13-5-4-6-14-26)34(41)38-44-32-21-9-10-22-43-32/h4-8,11-18,20,24-25,29-30,32H,9-10,19,21-23,36H2,1-3H3,(H,37,40)(H,38,41)/t25?,29-,30+,32?/m0/s1. The van der Waals surface area contributed by atoms with E-state index in [0.717, 1.165) is 29.2 Å². The fourth-order valence-corrected chi connectivity index (χ4v) is 5.37. The fourth-order valence-electron chi connectivity index (χ4n) is 5.37. The number of hydrogen-bond donors (Lipinski definition) is 3. The molecule has 1 fully saturated rings. The molecular formula is C35H44N4O5. The summed E-state index contributed by atoms with van der Waals surface area (Å²) in [6, 6.07) is 22.0. The lowest BCUT2D eigenvalue weighted by atomic mass is 9.82. The van der Waals surface area contributed by atoms with Gasteiger partial charge in [-0.1, -0.05) is 92.7 Å². The summed E-state index contributed by atoms with van der Waals surface area (Å²) < 4.78 is 5.62. The van der Waals surface area contributed by atoms with E-state index in [-0.39, 0.29) is 12.3 Å². The zero-order chi connectivity index (χ0) is 31.5. The van der Waals surface area contributed by atoms with E-state index in [9.17, 15) is 14.4 Å². The number of nitrogens with one attached hydrogen (secondary N) is 2. The van der Waals surface area contributed by atoms with Crippen LogP contribution in [-0.4, -0.2) is 36.7 Å². The van der Waals surface area contributed by atoms with Crippen LogP contribution in [0.5, 0.6) is 0 Å². The summed E-state index contributed by atoms with van der Waals surface area (Å²) in [7, 11) is 0. The highest BCUT2D eigenvalue weighted by Crippen LogP contribution is 2.29. The SMILES string of the molecule is CC(C)C[C@@H](C(=O)NN(C(=O)C(C)N)c1cccc2ccccc12)[C@H](CC=Cc1ccccc1)C(=O)NOC1CCCCO1. The smallest absolute Gasteiger partial charge is 0.262 e. The molecule has 4 N–H and O–H groups in total. The van der Waals surface area contributed by atoms with Crippen molar-refractivity contribution in [2.45, 2.75) is 65.2 Å². The van der Waals surface area contributed by atoms with Crippen LogP contribution in [0.3, 0.4) is 0 Å². The number of rotatable bonds is 12. The first-order valence-corrected chi connectivity index (χ1v) is 15.4. The largest absolute Gasteiger partial charge is 0.350 e. The lowest BCUT2D eigenvalue weighted by molar-refractivity contribution is -0.203. The second kappa shape index (κ2) is 16.1. The molecule has 9 heteroatoms. The number of nitrogens with zero attached hydrogens (tertiary/aromatic N) is 1. The molecule has 0 saturated carbocycles. The number of amides is 3. The van der Waals surface area contributed by atoms with E-state index < -0.39 is 41.9 Å². The Labute approximate surface area is 259 Å². The number of hydrogen-bond acceptors (Lipinski definition) is 6. The minimum atomic E-state index is -0.880. The van der Waals surface area contributed by atoms with Gasteiger partial charge in [0.25, 0.3) is 5.91 Å². The Morgan fingerprint density at radius 3 is 2.39 bits per heavy atom. The topological polar surface area (TPSA) is 123 Å². The number of anilines is 1. The Kier molecular flexibility index (Phi) is 12.1. The summed E-state index contributed by atoms with van der Waals surface area (Å²) in [6.45, 7) is 6.14. The maximum Gasteiger partial charge on any atom is 0.262 e. The molecule has 1 heterocycles. The molecule has 0 spiro atoms. The monoisotopic (exact) mass is 600 g/mol. The maximum absolute atomic E-state index is 14.2. The van der Waals surface area contributed by atoms with Crippen LogP contribution in [0.1, 0.15) is 58.4 Å². The molecule has 3 aromatic carbocycles. The number of carbonyl (C=O) groups is 3. The van der Waals surface area contributed by atoms with Gasteiger partial charge in [-0.25, -0.2) is 15.3 Å². The number of benzene rings is 3. The molecule has 1 aliphatic heterocycles. The van der Waals surface area contributed by atoms with E-state index >= 15 is 0 Å². The van der Waals surface area contributed by atoms with Crippen molar-refractivity contribution in [2.24, 2.45) is 23.5 Å². The van der Waals surface area contributed by atoms with Gasteiger partial charge in [0.1, 0.15) is 0 Å². The summed E-state index contributed by atoms with van der Waals surface area (Å²) in [4.78, 5) is 47.0. The van der Waals surface area contributed by atoms with Crippen LogP contribution in [0.15, 0.2) is 78.9 Å². The zero-order valence-electron chi connectivity index (χ0n) is 25.8. The Morgan fingerprint density at radius 1 is 0.955 bits per heavy atom. The van der Waals surface area contributed by atoms with Crippen molar-refractivity contribution in [3.63, 3.8) is 0 Å². The molecule has 0 aromatic heterocycles. The van der Waals surface area contributed by atoms with Crippen LogP contribution < -0.4 is 21.6 Å². The van der Waals surface area contributed by atoms with E-state index in [0.29, 0.717) is 25.1 Å². The third kappa shape index (κ3) is 8.98. The molecule has 4 atom stereocenters. The molecule has 3 amide bonds. The van der Waals surface area contributed by atoms with E-state index in [1.54, 1.807) is 13.0 Å². The molecule has 44 heavy (non-hydrogen) atoms. The molecule has 1 aliphatic rings. The average molecular weight is 601 g/mol. The van der Waals surface area contributed by atoms with E-state index in [1.807, 2.05) is 92.7 Å². The van der Waals surface area contributed by atoms with Crippen LogP contribution in [-0.2, 0) is 24.0 Å². The van der Waals surface area contributed by atoms with Crippen LogP contribution in [0, 0.1) is 17.8 Å². The summed E-state index contributed by atoms with van der Waals surface area (Å²) in [5.74, 6) is -2.85. The first-order chi connectivity index (χ1) is 21.2. The molecule has 9 nitrogen and oxygen atoms in total. The molecule has 0 bridgehead atoms. The van der Waals surface area contributed by atoms with Gasteiger partial charge in [-0.15, -0.1) is 0 Å². The average Bonchev–Trinajstić information content (AvgIpc) is 3.04. The predicted molar refractivity (Wildman–Crippen MR) is 173 cm³/mol. The maximum atomic E-state index is 14.2. The van der Waals surface area contributed by atoms with Crippen LogP contribution in [0.4, 0.5) is 5.69 Å². The van der Waals surface area contributed by atoms with Crippen molar-refractivity contribution >= 4 is 40.3 Å². The zero-order valence-corrected chi connectivity index (χ0v) is 25.8. The van der Waals surface area contributed by atoms with Gasteiger partial charge in [-0.05, 0) is 55.5 Å². The Balaban J connectivity index is 1.64. The second-order valence-corrected chi connectivity index (χ2v) is 11.7. The fraction of sp³-hybridized carbons (Fsp3) is 0.400. The Hall–Kier alpha value is -4.05. The third-order valence-corrected chi connectivity index (χ3v) is 7.65. The van der Waals surface area contributed by atoms with Crippen LogP contribution >= 0.6 is 0 Å². The minimum absolute atomic E-state index is 0.0805. The molecule has 1 saturated heterocycles. The van der Waals surface area contributed by atoms with Gasteiger partial charge in [0.2, 0.25) is 11.8 Å². The molecular weight excluding hydrogens is 556 g/mol. The van der Waals surface area contributed by atoms with Crippen molar-refractivity contribution in [1.29, 1.82) is 0 Å². The van der Waals surface area contributed by atoms with Gasteiger partial charge >= 0.3 is 0 Å². The number of ether oxygens (including phenoxy) is 1. The first-order valence-electron chi connectivity index (χ1n) is 15.4. The lowest BCUT2D eigenvalue weighted by Crippen LogP contribution is -2.55. The summed E-state index contributed by atoms with van der Waals surface area (Å²) >= 11 is 0. The number of hydrazine groups is 1. The number of fused-ring (bicyclic) bond motifs is 1. The highest BCUT2D eigenvalue weighted by atomic mass is 16.8. The number of hydroxylamine groups is 1. The molecule has 3 aromatic rings. The number of allylic oxidation sites excluding steroid dienone is 1. The third-order valence-electron chi connectivity index (χ3n) is 7.65. The quantitative estimate of drug-likeness (QED) is 0.236. The summed E-state index contributed by atoms with van der Waals surface area (Å²) in [5, 5.41) is 2.92. The molecule has 0 aliphatic carbocycles. The van der Waals surface area contributed by atoms with Gasteiger partial charge in [0.15, 0.2) is 6.29 Å². The van der Waals surface area contributed by atoms with E-state index in [1.165, 1.54) is 5.01 Å². The second-order valence-electron chi connectivity index (χ2n) is 11.7. The summed E-state index contributed by atoms with van der Waals surface area (Å²) in [5.41, 5.74) is 13.0. The van der Waals surface area contributed by atoms with Crippen LogP contribution in [0.25, 0.3) is 16.8 Å². The molecule has 0 radical (unpaired) electrons. The highest BCUT2D eigenvalue weighted by Gasteiger charge is 2.36. The first kappa shape index (κ1) is 32.9. The van der Waals surface area contributed by atoms with Gasteiger partial charge in [-0.2, -0.15) is 0 Å². The minimum Gasteiger partial charge on any atom is -0.350 e. The molecule has 2 unspecified atom stereocenters. The van der Waals surface area contributed by atoms with E-state index in [2.05, 4.69) is 10.9 Å². The highest BCUT2D eigenvalue weighted by molar-refractivity contribution is 6.06. The Morgan fingerprint density at radius 2 is 1.68 bits per heavy atom. The molecule has 234 valence electrons. The van der Waals surface area contributed by atoms with E-state index in [4.69, 9.17) is 15.3 Å². The predicted octanol–water partition coefficient (Wildman–Crippen LogP) is 5.51. The van der Waals surface area contributed by atoms with Crippen LogP contribution in [0.2, 0.25) is 0 Å². The van der Waals surface area contributed by atoms with Gasteiger partial charge < -0.3 is 10.5 Å². The number of carbonyl (C=O) groups excluding carboxylic acids is 3. The Bertz CT molecular complexity index is 1410. The lowest BCUT2D eigenvalue weighted by Gasteiger charge is -2.31. The normalized spacial score (nSPS) is 17.2. The van der Waals surface area contributed by atoms with Crippen molar-refractivity contribution in [3.8, 4) is 0 Å². The number of nitrogens with two attached hydrogens (primary N) is 1.